The molecule has 3 aromatic heterocycles. The van der Waals surface area contributed by atoms with E-state index in [2.05, 4.69) is 19.6 Å². The van der Waals surface area contributed by atoms with E-state index >= 15 is 0 Å². The van der Waals surface area contributed by atoms with Crippen LogP contribution in [0.25, 0.3) is 16.9 Å². The molecule has 1 atom stereocenters. The number of carbonyl (C=O) groups excluding carboxylic acids is 2. The van der Waals surface area contributed by atoms with Crippen molar-refractivity contribution in [1.29, 1.82) is 0 Å². The maximum atomic E-state index is 13.4. The van der Waals surface area contributed by atoms with Crippen LogP contribution in [0.4, 0.5) is 18.0 Å². The van der Waals surface area contributed by atoms with Gasteiger partial charge in [-0.1, -0.05) is 5.16 Å². The molecule has 15 heteroatoms. The molecule has 220 valence electrons. The van der Waals surface area contributed by atoms with Gasteiger partial charge in [0.05, 0.1) is 30.7 Å². The van der Waals surface area contributed by atoms with Crippen LogP contribution in [0.1, 0.15) is 28.0 Å². The number of hydrogen-bond donors (Lipinski definition) is 0. The fourth-order valence-electron chi connectivity index (χ4n) is 4.93. The van der Waals surface area contributed by atoms with E-state index in [0.717, 1.165) is 6.26 Å². The number of alkyl halides is 3. The van der Waals surface area contributed by atoms with Crippen LogP contribution in [0, 0.1) is 6.92 Å². The second-order valence-corrected chi connectivity index (χ2v) is 9.87. The number of carbonyl (C=O) groups is 2. The predicted molar refractivity (Wildman–Crippen MR) is 138 cm³/mol. The molecule has 1 unspecified atom stereocenters. The molecule has 2 saturated heterocycles. The largest absolute Gasteiger partial charge is 0.444 e. The van der Waals surface area contributed by atoms with Crippen molar-refractivity contribution in [1.82, 2.24) is 29.3 Å². The van der Waals surface area contributed by atoms with Crippen molar-refractivity contribution in [2.24, 2.45) is 0 Å². The lowest BCUT2D eigenvalue weighted by Crippen LogP contribution is -2.51. The summed E-state index contributed by atoms with van der Waals surface area (Å²) in [7, 11) is 0. The van der Waals surface area contributed by atoms with E-state index < -0.39 is 18.0 Å². The van der Waals surface area contributed by atoms with Crippen molar-refractivity contribution in [3.63, 3.8) is 0 Å². The van der Waals surface area contributed by atoms with Crippen molar-refractivity contribution < 1.29 is 41.5 Å². The molecule has 6 rings (SSSR count). The summed E-state index contributed by atoms with van der Waals surface area (Å²) >= 11 is 0. The van der Waals surface area contributed by atoms with E-state index in [4.69, 9.17) is 14.2 Å². The quantitative estimate of drug-likeness (QED) is 0.339. The zero-order chi connectivity index (χ0) is 29.4. The van der Waals surface area contributed by atoms with Crippen LogP contribution in [0.15, 0.2) is 47.6 Å². The van der Waals surface area contributed by atoms with Gasteiger partial charge in [0.25, 0.3) is 11.8 Å². The molecule has 2 aliphatic rings. The maximum absolute atomic E-state index is 13.4. The van der Waals surface area contributed by atoms with Crippen LogP contribution in [-0.2, 0) is 15.7 Å². The number of fused-ring (bicyclic) bond motifs is 1. The number of amides is 2. The average Bonchev–Trinajstić information content (AvgIpc) is 3.74. The molecule has 12 nitrogen and oxygen atoms in total. The molecule has 42 heavy (non-hydrogen) atoms. The number of halogens is 3. The lowest BCUT2D eigenvalue weighted by molar-refractivity contribution is -0.142. The van der Waals surface area contributed by atoms with E-state index in [0.29, 0.717) is 62.7 Å². The minimum Gasteiger partial charge on any atom is -0.444 e. The van der Waals surface area contributed by atoms with Crippen LogP contribution < -0.4 is 4.74 Å². The summed E-state index contributed by atoms with van der Waals surface area (Å²) in [5, 5.41) is 3.09. The van der Waals surface area contributed by atoms with E-state index in [1.165, 1.54) is 23.0 Å². The second kappa shape index (κ2) is 11.0. The summed E-state index contributed by atoms with van der Waals surface area (Å²) in [4.78, 5) is 37.3. The highest BCUT2D eigenvalue weighted by atomic mass is 19.4. The van der Waals surface area contributed by atoms with E-state index in [9.17, 15) is 22.8 Å². The van der Waals surface area contributed by atoms with Gasteiger partial charge >= 0.3 is 12.3 Å². The molecule has 4 aromatic rings. The van der Waals surface area contributed by atoms with Gasteiger partial charge in [-0.05, 0) is 30.7 Å². The Bertz CT molecular complexity index is 1620. The predicted octanol–water partition coefficient (Wildman–Crippen LogP) is 4.19. The first-order chi connectivity index (χ1) is 20.2. The molecular formula is C27H25F3N6O6. The van der Waals surface area contributed by atoms with Gasteiger partial charge in [-0.25, -0.2) is 14.8 Å². The lowest BCUT2D eigenvalue weighted by atomic mass is 10.1. The van der Waals surface area contributed by atoms with E-state index in [-0.39, 0.29) is 34.8 Å². The zero-order valence-corrected chi connectivity index (χ0v) is 22.3. The Balaban J connectivity index is 1.13. The Hall–Kier alpha value is -4.66. The van der Waals surface area contributed by atoms with Gasteiger partial charge in [-0.2, -0.15) is 13.2 Å². The van der Waals surface area contributed by atoms with Crippen LogP contribution in [0.5, 0.6) is 11.6 Å². The topological polar surface area (TPSA) is 125 Å². The Kier molecular flexibility index (Phi) is 7.18. The molecule has 1 aromatic carbocycles. The normalized spacial score (nSPS) is 17.6. The molecule has 2 amide bonds. The van der Waals surface area contributed by atoms with Gasteiger partial charge in [-0.15, -0.1) is 0 Å². The van der Waals surface area contributed by atoms with Crippen LogP contribution in [0.2, 0.25) is 0 Å². The summed E-state index contributed by atoms with van der Waals surface area (Å²) in [5.41, 5.74) is -0.0361. The first kappa shape index (κ1) is 27.5. The number of piperazine rings is 1. The van der Waals surface area contributed by atoms with Gasteiger partial charge in [0, 0.05) is 50.6 Å². The molecule has 0 saturated carbocycles. The van der Waals surface area contributed by atoms with Crippen molar-refractivity contribution in [2.75, 3.05) is 39.4 Å². The van der Waals surface area contributed by atoms with Crippen molar-refractivity contribution in [3.05, 3.63) is 59.9 Å². The van der Waals surface area contributed by atoms with Crippen LogP contribution in [0.3, 0.4) is 0 Å². The van der Waals surface area contributed by atoms with Gasteiger partial charge < -0.3 is 28.5 Å². The third-order valence-electron chi connectivity index (χ3n) is 7.13. The number of nitrogens with zero attached hydrogens (tertiary/aromatic N) is 6. The highest BCUT2D eigenvalue weighted by Gasteiger charge is 2.39. The maximum Gasteiger partial charge on any atom is 0.437 e. The third kappa shape index (κ3) is 5.34. The fourth-order valence-corrected chi connectivity index (χ4v) is 4.93. The van der Waals surface area contributed by atoms with Crippen LogP contribution in [-0.4, -0.2) is 86.8 Å². The Morgan fingerprint density at radius 3 is 2.60 bits per heavy atom. The number of benzene rings is 1. The molecule has 0 bridgehead atoms. The minimum absolute atomic E-state index is 0.0550. The number of imidazole rings is 1. The summed E-state index contributed by atoms with van der Waals surface area (Å²) in [6.45, 7) is 4.20. The number of hydrogen-bond acceptors (Lipinski definition) is 9. The monoisotopic (exact) mass is 586 g/mol. The van der Waals surface area contributed by atoms with E-state index in [1.807, 2.05) is 0 Å². The Morgan fingerprint density at radius 1 is 1.10 bits per heavy atom. The molecule has 0 radical (unpaired) electrons. The van der Waals surface area contributed by atoms with Gasteiger partial charge in [0.15, 0.2) is 5.69 Å². The standard InChI is InChI=1S/C27H25F3N6O6/c1-16-12-17(2-3-19(16)25(37)34-7-9-35(10-8-34)26(38)42-18-4-11-39-14-18)41-24-23-32-13-21(36(23)6-5-31-24)20-15-40-33-22(20)27(28,29)30/h2-3,5-6,12-13,15,18H,4,7-11,14H2,1H3. The first-order valence-corrected chi connectivity index (χ1v) is 13.1. The molecule has 0 aliphatic carbocycles. The van der Waals surface area contributed by atoms with Gasteiger partial charge in [-0.3, -0.25) is 9.20 Å². The SMILES string of the molecule is Cc1cc(Oc2nccn3c(-c4conc4C(F)(F)F)cnc23)ccc1C(=O)N1CCN(C(=O)OC2CCOC2)CC1. The molecule has 0 spiro atoms. The molecule has 2 aliphatic heterocycles. The fraction of sp³-hybridized carbons (Fsp3) is 0.370. The van der Waals surface area contributed by atoms with Gasteiger partial charge in [0.1, 0.15) is 18.1 Å². The Labute approximate surface area is 236 Å². The highest BCUT2D eigenvalue weighted by molar-refractivity contribution is 5.96. The van der Waals surface area contributed by atoms with E-state index in [1.54, 1.807) is 34.9 Å². The lowest BCUT2D eigenvalue weighted by Gasteiger charge is -2.34. The first-order valence-electron chi connectivity index (χ1n) is 13.1. The Morgan fingerprint density at radius 2 is 1.88 bits per heavy atom. The van der Waals surface area contributed by atoms with Crippen molar-refractivity contribution in [3.8, 4) is 22.9 Å². The summed E-state index contributed by atoms with van der Waals surface area (Å²) in [6, 6.07) is 4.91. The summed E-state index contributed by atoms with van der Waals surface area (Å²) in [5.74, 6) is 0.238. The average molecular weight is 587 g/mol. The summed E-state index contributed by atoms with van der Waals surface area (Å²) < 4.78 is 62.7. The van der Waals surface area contributed by atoms with Crippen molar-refractivity contribution in [2.45, 2.75) is 25.6 Å². The second-order valence-electron chi connectivity index (χ2n) is 9.87. The molecule has 0 N–H and O–H groups in total. The van der Waals surface area contributed by atoms with Gasteiger partial charge in [0.2, 0.25) is 5.65 Å². The molecular weight excluding hydrogens is 561 g/mol. The van der Waals surface area contributed by atoms with Crippen LogP contribution >= 0.6 is 0 Å². The zero-order valence-electron chi connectivity index (χ0n) is 22.3. The number of aromatic nitrogens is 4. The third-order valence-corrected chi connectivity index (χ3v) is 7.13. The smallest absolute Gasteiger partial charge is 0.437 e. The summed E-state index contributed by atoms with van der Waals surface area (Å²) in [6.07, 6.45) is 0.331. The number of ether oxygens (including phenoxy) is 3. The molecule has 2 fully saturated rings. The number of rotatable bonds is 5. The highest BCUT2D eigenvalue weighted by Crippen LogP contribution is 2.37. The number of aryl methyl sites for hydroxylation is 1. The molecule has 5 heterocycles. The van der Waals surface area contributed by atoms with Crippen molar-refractivity contribution >= 4 is 17.6 Å². The minimum atomic E-state index is -4.71.